The third-order valence-corrected chi connectivity index (χ3v) is 2.87. The largest absolute Gasteiger partial charge is 0.398 e. The minimum atomic E-state index is -1.33. The summed E-state index contributed by atoms with van der Waals surface area (Å²) in [5.74, 6) is -3.43. The van der Waals surface area contributed by atoms with E-state index in [1.165, 1.54) is 0 Å². The molecule has 0 saturated heterocycles. The van der Waals surface area contributed by atoms with Gasteiger partial charge in [-0.1, -0.05) is 12.1 Å². The van der Waals surface area contributed by atoms with E-state index in [4.69, 9.17) is 5.73 Å². The van der Waals surface area contributed by atoms with Crippen molar-refractivity contribution in [3.8, 4) is 17.1 Å². The molecule has 0 fully saturated rings. The molecule has 0 bridgehead atoms. The van der Waals surface area contributed by atoms with Gasteiger partial charge in [-0.15, -0.1) is 5.10 Å². The van der Waals surface area contributed by atoms with Crippen molar-refractivity contribution in [2.75, 3.05) is 5.73 Å². The van der Waals surface area contributed by atoms with Gasteiger partial charge in [0.25, 0.3) is 0 Å². The quantitative estimate of drug-likeness (QED) is 0.581. The normalized spacial score (nSPS) is 10.8. The van der Waals surface area contributed by atoms with Gasteiger partial charge < -0.3 is 5.73 Å². The Balaban J connectivity index is 2.23. The zero-order valence-corrected chi connectivity index (χ0v) is 10.5. The van der Waals surface area contributed by atoms with Crippen LogP contribution in [0.2, 0.25) is 0 Å². The van der Waals surface area contributed by atoms with E-state index in [1.807, 2.05) is 0 Å². The molecule has 0 aliphatic carbocycles. The molecule has 2 N–H and O–H groups in total. The van der Waals surface area contributed by atoms with Crippen LogP contribution in [0.1, 0.15) is 0 Å². The molecule has 3 rings (SSSR count). The second kappa shape index (κ2) is 4.89. The van der Waals surface area contributed by atoms with Crippen LogP contribution in [-0.2, 0) is 0 Å². The standard InChI is InChI=1S/C13H8F3N5/c14-7-5-9(15)12(16)11(6-7)21-13(18-19-20-21)8-3-1-2-4-10(8)17/h1-6H,17H2. The van der Waals surface area contributed by atoms with Crippen molar-refractivity contribution in [1.29, 1.82) is 0 Å². The zero-order valence-electron chi connectivity index (χ0n) is 10.5. The lowest BCUT2D eigenvalue weighted by molar-refractivity contribution is 0.487. The van der Waals surface area contributed by atoms with E-state index < -0.39 is 23.1 Å². The summed E-state index contributed by atoms with van der Waals surface area (Å²) in [7, 11) is 0. The molecule has 0 amide bonds. The van der Waals surface area contributed by atoms with Crippen molar-refractivity contribution in [3.05, 3.63) is 53.8 Å². The first kappa shape index (κ1) is 13.1. The molecule has 106 valence electrons. The number of para-hydroxylation sites is 1. The number of halogens is 3. The average Bonchev–Trinajstić information content (AvgIpc) is 2.92. The zero-order chi connectivity index (χ0) is 15.0. The number of anilines is 1. The van der Waals surface area contributed by atoms with Crippen LogP contribution in [-0.4, -0.2) is 20.2 Å². The van der Waals surface area contributed by atoms with Crippen molar-refractivity contribution in [3.63, 3.8) is 0 Å². The Kier molecular flexibility index (Phi) is 3.05. The maximum absolute atomic E-state index is 13.9. The van der Waals surface area contributed by atoms with Gasteiger partial charge in [-0.2, -0.15) is 4.68 Å². The Labute approximate surface area is 116 Å². The number of hydrogen-bond donors (Lipinski definition) is 1. The highest BCUT2D eigenvalue weighted by Crippen LogP contribution is 2.26. The molecule has 3 aromatic rings. The van der Waals surface area contributed by atoms with Gasteiger partial charge in [0, 0.05) is 23.4 Å². The molecule has 0 atom stereocenters. The number of rotatable bonds is 2. The van der Waals surface area contributed by atoms with E-state index in [-0.39, 0.29) is 5.82 Å². The van der Waals surface area contributed by atoms with Gasteiger partial charge in [-0.05, 0) is 22.6 Å². The average molecular weight is 291 g/mol. The molecule has 0 unspecified atom stereocenters. The smallest absolute Gasteiger partial charge is 0.189 e. The number of nitrogens with zero attached hydrogens (tertiary/aromatic N) is 4. The van der Waals surface area contributed by atoms with Crippen LogP contribution < -0.4 is 5.73 Å². The Morgan fingerprint density at radius 3 is 2.57 bits per heavy atom. The lowest BCUT2D eigenvalue weighted by atomic mass is 10.1. The van der Waals surface area contributed by atoms with Crippen LogP contribution in [0.5, 0.6) is 0 Å². The highest BCUT2D eigenvalue weighted by Gasteiger charge is 2.19. The Morgan fingerprint density at radius 1 is 1.05 bits per heavy atom. The van der Waals surface area contributed by atoms with Gasteiger partial charge in [0.1, 0.15) is 11.5 Å². The predicted octanol–water partition coefficient (Wildman–Crippen LogP) is 2.33. The summed E-state index contributed by atoms with van der Waals surface area (Å²) < 4.78 is 41.4. The highest BCUT2D eigenvalue weighted by atomic mass is 19.2. The summed E-state index contributed by atoms with van der Waals surface area (Å²) in [5.41, 5.74) is 6.15. The van der Waals surface area contributed by atoms with Crippen LogP contribution in [0, 0.1) is 17.5 Å². The summed E-state index contributed by atoms with van der Waals surface area (Å²) in [6.07, 6.45) is 0. The Hall–Kier alpha value is -2.90. The molecule has 0 saturated carbocycles. The summed E-state index contributed by atoms with van der Waals surface area (Å²) in [6, 6.07) is 7.86. The fourth-order valence-electron chi connectivity index (χ4n) is 1.91. The van der Waals surface area contributed by atoms with Crippen molar-refractivity contribution in [2.24, 2.45) is 0 Å². The summed E-state index contributed by atoms with van der Waals surface area (Å²) in [6.45, 7) is 0. The molecule has 0 radical (unpaired) electrons. The second-order valence-electron chi connectivity index (χ2n) is 4.22. The highest BCUT2D eigenvalue weighted by molar-refractivity contribution is 5.72. The number of aromatic nitrogens is 4. The number of nitrogens with two attached hydrogens (primary N) is 1. The SMILES string of the molecule is Nc1ccccc1-c1nnnn1-c1cc(F)cc(F)c1F. The first-order valence-electron chi connectivity index (χ1n) is 5.86. The van der Waals surface area contributed by atoms with Crippen molar-refractivity contribution in [2.45, 2.75) is 0 Å². The van der Waals surface area contributed by atoms with Gasteiger partial charge in [0.2, 0.25) is 0 Å². The van der Waals surface area contributed by atoms with Gasteiger partial charge >= 0.3 is 0 Å². The molecular weight excluding hydrogens is 283 g/mol. The van der Waals surface area contributed by atoms with Crippen LogP contribution in [0.3, 0.4) is 0 Å². The van der Waals surface area contributed by atoms with E-state index in [9.17, 15) is 13.2 Å². The number of benzene rings is 2. The minimum absolute atomic E-state index is 0.0806. The number of tetrazole rings is 1. The Morgan fingerprint density at radius 2 is 1.81 bits per heavy atom. The van der Waals surface area contributed by atoms with Gasteiger partial charge in [0.05, 0.1) is 0 Å². The molecule has 8 heteroatoms. The third-order valence-electron chi connectivity index (χ3n) is 2.87. The fraction of sp³-hybridized carbons (Fsp3) is 0. The molecule has 0 aliphatic rings. The van der Waals surface area contributed by atoms with Crippen LogP contribution >= 0.6 is 0 Å². The minimum Gasteiger partial charge on any atom is -0.398 e. The van der Waals surface area contributed by atoms with Crippen molar-refractivity contribution < 1.29 is 13.2 Å². The van der Waals surface area contributed by atoms with Gasteiger partial charge in [-0.3, -0.25) is 0 Å². The van der Waals surface area contributed by atoms with E-state index in [0.29, 0.717) is 17.3 Å². The first-order valence-corrected chi connectivity index (χ1v) is 5.86. The Bertz CT molecular complexity index is 815. The van der Waals surface area contributed by atoms with Crippen LogP contribution in [0.25, 0.3) is 17.1 Å². The summed E-state index contributed by atoms with van der Waals surface area (Å²) in [5, 5.41) is 10.7. The predicted molar refractivity (Wildman–Crippen MR) is 68.9 cm³/mol. The first-order chi connectivity index (χ1) is 10.1. The van der Waals surface area contributed by atoms with Gasteiger partial charge in [0.15, 0.2) is 17.5 Å². The van der Waals surface area contributed by atoms with E-state index in [2.05, 4.69) is 15.5 Å². The lowest BCUT2D eigenvalue weighted by Gasteiger charge is -2.08. The monoisotopic (exact) mass is 291 g/mol. The van der Waals surface area contributed by atoms with E-state index in [0.717, 1.165) is 10.7 Å². The third kappa shape index (κ3) is 2.20. The molecule has 2 aromatic carbocycles. The molecule has 5 nitrogen and oxygen atoms in total. The molecular formula is C13H8F3N5. The number of hydrogen-bond acceptors (Lipinski definition) is 4. The van der Waals surface area contributed by atoms with E-state index in [1.54, 1.807) is 24.3 Å². The molecule has 1 aromatic heterocycles. The van der Waals surface area contributed by atoms with Crippen LogP contribution in [0.15, 0.2) is 36.4 Å². The second-order valence-corrected chi connectivity index (χ2v) is 4.22. The van der Waals surface area contributed by atoms with Crippen molar-refractivity contribution >= 4 is 5.69 Å². The molecule has 1 heterocycles. The number of nitrogen functional groups attached to an aromatic ring is 1. The molecule has 0 spiro atoms. The molecule has 21 heavy (non-hydrogen) atoms. The van der Waals surface area contributed by atoms with E-state index >= 15 is 0 Å². The fourth-order valence-corrected chi connectivity index (χ4v) is 1.91. The lowest BCUT2D eigenvalue weighted by Crippen LogP contribution is -2.06. The molecule has 0 aliphatic heterocycles. The topological polar surface area (TPSA) is 69.6 Å². The van der Waals surface area contributed by atoms with Gasteiger partial charge in [-0.25, -0.2) is 13.2 Å². The summed E-state index contributed by atoms with van der Waals surface area (Å²) in [4.78, 5) is 0. The summed E-state index contributed by atoms with van der Waals surface area (Å²) >= 11 is 0. The maximum Gasteiger partial charge on any atom is 0.189 e. The van der Waals surface area contributed by atoms with Crippen molar-refractivity contribution in [1.82, 2.24) is 20.2 Å². The van der Waals surface area contributed by atoms with Crippen LogP contribution in [0.4, 0.5) is 18.9 Å². The maximum atomic E-state index is 13.9.